The smallest absolute Gasteiger partial charge is 0.255 e. The molecule has 16 heavy (non-hydrogen) atoms. The Hall–Kier alpha value is -0.770. The van der Waals surface area contributed by atoms with Crippen LogP contribution < -0.4 is 0 Å². The number of likely N-dealkylation sites (tertiary alicyclic amines) is 1. The predicted octanol–water partition coefficient (Wildman–Crippen LogP) is 2.06. The van der Waals surface area contributed by atoms with Crippen LogP contribution in [-0.4, -0.2) is 35.6 Å². The lowest BCUT2D eigenvalue weighted by Crippen LogP contribution is -2.51. The second-order valence-electron chi connectivity index (χ2n) is 3.88. The quantitative estimate of drug-likeness (QED) is 0.884. The third kappa shape index (κ3) is 2.17. The molecule has 86 valence electrons. The lowest BCUT2D eigenvalue weighted by molar-refractivity contribution is 0.0362. The highest BCUT2D eigenvalue weighted by Gasteiger charge is 2.31. The molecule has 0 bridgehead atoms. The van der Waals surface area contributed by atoms with Crippen molar-refractivity contribution in [3.8, 4) is 0 Å². The van der Waals surface area contributed by atoms with Crippen molar-refractivity contribution in [3.05, 3.63) is 33.8 Å². The van der Waals surface area contributed by atoms with Gasteiger partial charge in [0.2, 0.25) is 0 Å². The third-order valence-corrected chi connectivity index (χ3v) is 3.23. The van der Waals surface area contributed by atoms with E-state index in [-0.39, 0.29) is 18.4 Å². The van der Waals surface area contributed by atoms with Crippen LogP contribution in [-0.2, 0) is 0 Å². The molecule has 1 heterocycles. The number of aliphatic hydroxyl groups excluding tert-OH is 1. The Morgan fingerprint density at radius 3 is 2.75 bits per heavy atom. The van der Waals surface area contributed by atoms with E-state index in [0.717, 1.165) is 0 Å². The van der Waals surface area contributed by atoms with Gasteiger partial charge in [-0.1, -0.05) is 23.2 Å². The number of aliphatic hydroxyl groups is 1. The molecule has 5 heteroatoms. The van der Waals surface area contributed by atoms with Crippen LogP contribution in [0.25, 0.3) is 0 Å². The zero-order chi connectivity index (χ0) is 11.7. The molecule has 0 atom stereocenters. The van der Waals surface area contributed by atoms with Gasteiger partial charge in [0.25, 0.3) is 5.91 Å². The van der Waals surface area contributed by atoms with E-state index < -0.39 is 0 Å². The number of carbonyl (C=O) groups is 1. The van der Waals surface area contributed by atoms with Crippen molar-refractivity contribution >= 4 is 29.1 Å². The maximum Gasteiger partial charge on any atom is 0.255 e. The molecule has 1 aromatic rings. The van der Waals surface area contributed by atoms with Crippen LogP contribution in [0, 0.1) is 5.92 Å². The molecule has 2 rings (SSSR count). The number of benzene rings is 1. The molecule has 0 radical (unpaired) electrons. The second kappa shape index (κ2) is 4.62. The summed E-state index contributed by atoms with van der Waals surface area (Å²) >= 11 is 11.7. The van der Waals surface area contributed by atoms with Gasteiger partial charge in [-0.2, -0.15) is 0 Å². The number of hydrogen-bond donors (Lipinski definition) is 1. The van der Waals surface area contributed by atoms with Crippen molar-refractivity contribution in [1.82, 2.24) is 4.90 Å². The molecule has 0 spiro atoms. The number of halogens is 2. The average molecular weight is 260 g/mol. The van der Waals surface area contributed by atoms with E-state index in [9.17, 15) is 4.79 Å². The van der Waals surface area contributed by atoms with E-state index in [0.29, 0.717) is 28.7 Å². The second-order valence-corrected chi connectivity index (χ2v) is 4.73. The Balaban J connectivity index is 2.13. The summed E-state index contributed by atoms with van der Waals surface area (Å²) in [5, 5.41) is 9.77. The van der Waals surface area contributed by atoms with Gasteiger partial charge < -0.3 is 10.0 Å². The number of amides is 1. The van der Waals surface area contributed by atoms with E-state index in [1.165, 1.54) is 0 Å². The van der Waals surface area contributed by atoms with Gasteiger partial charge in [-0.05, 0) is 18.2 Å². The zero-order valence-corrected chi connectivity index (χ0v) is 10.0. The van der Waals surface area contributed by atoms with E-state index in [1.807, 2.05) is 0 Å². The number of rotatable bonds is 2. The summed E-state index contributed by atoms with van der Waals surface area (Å²) in [5.41, 5.74) is 0.422. The Bertz CT molecular complexity index is 416. The van der Waals surface area contributed by atoms with Gasteiger partial charge >= 0.3 is 0 Å². The molecule has 1 aromatic carbocycles. The molecule has 3 nitrogen and oxygen atoms in total. The minimum Gasteiger partial charge on any atom is -0.396 e. The highest BCUT2D eigenvalue weighted by Crippen LogP contribution is 2.25. The molecule has 0 saturated carbocycles. The first kappa shape index (κ1) is 11.7. The van der Waals surface area contributed by atoms with Gasteiger partial charge in [-0.15, -0.1) is 0 Å². The van der Waals surface area contributed by atoms with Crippen LogP contribution in [0.15, 0.2) is 18.2 Å². The lowest BCUT2D eigenvalue weighted by Gasteiger charge is -2.38. The van der Waals surface area contributed by atoms with E-state index >= 15 is 0 Å². The normalized spacial score (nSPS) is 16.1. The van der Waals surface area contributed by atoms with Gasteiger partial charge in [-0.25, -0.2) is 0 Å². The van der Waals surface area contributed by atoms with Crippen LogP contribution in [0.3, 0.4) is 0 Å². The minimum absolute atomic E-state index is 0.118. The standard InChI is InChI=1S/C11H11Cl2NO2/c12-8-1-2-10(13)9(3-8)11(16)14-4-7(5-14)6-15/h1-3,7,15H,4-6H2. The Kier molecular flexibility index (Phi) is 3.38. The molecular weight excluding hydrogens is 249 g/mol. The SMILES string of the molecule is O=C(c1cc(Cl)ccc1Cl)N1CC(CO)C1. The van der Waals surface area contributed by atoms with Gasteiger partial charge in [0.15, 0.2) is 0 Å². The summed E-state index contributed by atoms with van der Waals surface area (Å²) in [6.45, 7) is 1.28. The molecule has 0 aliphatic carbocycles. The maximum absolute atomic E-state index is 12.0. The van der Waals surface area contributed by atoms with Crippen LogP contribution >= 0.6 is 23.2 Å². The molecular formula is C11H11Cl2NO2. The van der Waals surface area contributed by atoms with Gasteiger partial charge in [-0.3, -0.25) is 4.79 Å². The van der Waals surface area contributed by atoms with Crippen molar-refractivity contribution in [1.29, 1.82) is 0 Å². The van der Waals surface area contributed by atoms with Crippen molar-refractivity contribution in [3.63, 3.8) is 0 Å². The highest BCUT2D eigenvalue weighted by molar-refractivity contribution is 6.35. The van der Waals surface area contributed by atoms with E-state index in [2.05, 4.69) is 0 Å². The molecule has 1 fully saturated rings. The lowest BCUT2D eigenvalue weighted by atomic mass is 10.00. The number of carbonyl (C=O) groups excluding carboxylic acids is 1. The maximum atomic E-state index is 12.0. The van der Waals surface area contributed by atoms with Crippen molar-refractivity contribution in [2.45, 2.75) is 0 Å². The molecule has 0 aromatic heterocycles. The summed E-state index contributed by atoms with van der Waals surface area (Å²) in [7, 11) is 0. The molecule has 0 unspecified atom stereocenters. The van der Waals surface area contributed by atoms with E-state index in [4.69, 9.17) is 28.3 Å². The monoisotopic (exact) mass is 259 g/mol. The fourth-order valence-corrected chi connectivity index (χ4v) is 2.05. The van der Waals surface area contributed by atoms with Crippen molar-refractivity contribution < 1.29 is 9.90 Å². The number of hydrogen-bond acceptors (Lipinski definition) is 2. The molecule has 1 aliphatic rings. The summed E-state index contributed by atoms with van der Waals surface area (Å²) in [6.07, 6.45) is 0. The number of nitrogens with zero attached hydrogens (tertiary/aromatic N) is 1. The van der Waals surface area contributed by atoms with Gasteiger partial charge in [0.1, 0.15) is 0 Å². The summed E-state index contributed by atoms with van der Waals surface area (Å²) in [6, 6.07) is 4.83. The van der Waals surface area contributed by atoms with Crippen molar-refractivity contribution in [2.24, 2.45) is 5.92 Å². The topological polar surface area (TPSA) is 40.5 Å². The first-order valence-electron chi connectivity index (χ1n) is 4.97. The molecule has 1 N–H and O–H groups in total. The Morgan fingerprint density at radius 2 is 2.12 bits per heavy atom. The van der Waals surface area contributed by atoms with Crippen LogP contribution in [0.1, 0.15) is 10.4 Å². The first-order valence-corrected chi connectivity index (χ1v) is 5.72. The summed E-state index contributed by atoms with van der Waals surface area (Å²) in [5.74, 6) is 0.0686. The molecule has 1 amide bonds. The largest absolute Gasteiger partial charge is 0.396 e. The Morgan fingerprint density at radius 1 is 1.44 bits per heavy atom. The average Bonchev–Trinajstić information content (AvgIpc) is 2.20. The highest BCUT2D eigenvalue weighted by atomic mass is 35.5. The van der Waals surface area contributed by atoms with Gasteiger partial charge in [0, 0.05) is 30.6 Å². The van der Waals surface area contributed by atoms with Gasteiger partial charge in [0.05, 0.1) is 10.6 Å². The fraction of sp³-hybridized carbons (Fsp3) is 0.364. The predicted molar refractivity (Wildman–Crippen MR) is 62.9 cm³/mol. The van der Waals surface area contributed by atoms with Crippen LogP contribution in [0.5, 0.6) is 0 Å². The van der Waals surface area contributed by atoms with E-state index in [1.54, 1.807) is 23.1 Å². The Labute approximate surface area is 104 Å². The summed E-state index contributed by atoms with van der Waals surface area (Å²) in [4.78, 5) is 13.6. The molecule has 1 saturated heterocycles. The van der Waals surface area contributed by atoms with Crippen molar-refractivity contribution in [2.75, 3.05) is 19.7 Å². The summed E-state index contributed by atoms with van der Waals surface area (Å²) < 4.78 is 0. The first-order chi connectivity index (χ1) is 7.61. The van der Waals surface area contributed by atoms with Crippen LogP contribution in [0.4, 0.5) is 0 Å². The molecule has 1 aliphatic heterocycles. The third-order valence-electron chi connectivity index (χ3n) is 2.66. The van der Waals surface area contributed by atoms with Crippen LogP contribution in [0.2, 0.25) is 10.0 Å². The minimum atomic E-state index is -0.128. The fourth-order valence-electron chi connectivity index (χ4n) is 1.68. The zero-order valence-electron chi connectivity index (χ0n) is 8.49.